The van der Waals surface area contributed by atoms with Crippen molar-refractivity contribution >= 4 is 5.91 Å². The summed E-state index contributed by atoms with van der Waals surface area (Å²) >= 11 is 0. The number of rotatable bonds is 4. The van der Waals surface area contributed by atoms with Gasteiger partial charge >= 0.3 is 0 Å². The Morgan fingerprint density at radius 1 is 1.22 bits per heavy atom. The van der Waals surface area contributed by atoms with Gasteiger partial charge in [-0.3, -0.25) is 4.79 Å². The molecule has 0 radical (unpaired) electrons. The number of nitrogens with zero attached hydrogens (tertiary/aromatic N) is 4. The number of aryl methyl sites for hydroxylation is 1. The Labute approximate surface area is 158 Å². The summed E-state index contributed by atoms with van der Waals surface area (Å²) < 4.78 is 7.36. The van der Waals surface area contributed by atoms with E-state index in [4.69, 9.17) is 4.52 Å². The lowest BCUT2D eigenvalue weighted by Crippen LogP contribution is -2.43. The van der Waals surface area contributed by atoms with Crippen molar-refractivity contribution in [1.82, 2.24) is 19.6 Å². The first kappa shape index (κ1) is 17.5. The van der Waals surface area contributed by atoms with Crippen LogP contribution in [0.1, 0.15) is 31.7 Å². The Morgan fingerprint density at radius 3 is 2.81 bits per heavy atom. The molecule has 1 aliphatic heterocycles. The molecule has 0 aliphatic carbocycles. The van der Waals surface area contributed by atoms with Crippen LogP contribution in [0, 0.1) is 6.92 Å². The fraction of sp³-hybridized carbons (Fsp3) is 0.381. The van der Waals surface area contributed by atoms with Gasteiger partial charge in [-0.2, -0.15) is 4.98 Å². The zero-order chi connectivity index (χ0) is 18.8. The number of likely N-dealkylation sites (tertiary alicyclic amines) is 1. The molecule has 0 spiro atoms. The molecule has 1 saturated heterocycles. The van der Waals surface area contributed by atoms with Crippen LogP contribution in [0.5, 0.6) is 0 Å². The Kier molecular flexibility index (Phi) is 4.79. The van der Waals surface area contributed by atoms with E-state index in [1.165, 1.54) is 12.0 Å². The van der Waals surface area contributed by atoms with Crippen LogP contribution in [0.2, 0.25) is 0 Å². The van der Waals surface area contributed by atoms with Gasteiger partial charge in [0.15, 0.2) is 0 Å². The van der Waals surface area contributed by atoms with Crippen molar-refractivity contribution in [1.29, 1.82) is 0 Å². The van der Waals surface area contributed by atoms with E-state index in [1.807, 2.05) is 59.0 Å². The van der Waals surface area contributed by atoms with E-state index in [9.17, 15) is 4.79 Å². The lowest BCUT2D eigenvalue weighted by atomic mass is 10.0. The van der Waals surface area contributed by atoms with Crippen molar-refractivity contribution in [3.05, 3.63) is 48.2 Å². The van der Waals surface area contributed by atoms with Crippen molar-refractivity contribution < 1.29 is 9.32 Å². The van der Waals surface area contributed by atoms with Crippen LogP contribution in [0.15, 0.2) is 47.1 Å². The Morgan fingerprint density at radius 2 is 2.04 bits per heavy atom. The van der Waals surface area contributed by atoms with Gasteiger partial charge < -0.3 is 14.0 Å². The molecule has 6 nitrogen and oxygen atoms in total. The van der Waals surface area contributed by atoms with Gasteiger partial charge in [0.1, 0.15) is 12.2 Å². The first-order chi connectivity index (χ1) is 13.1. The van der Waals surface area contributed by atoms with Crippen LogP contribution in [0.4, 0.5) is 0 Å². The van der Waals surface area contributed by atoms with Crippen molar-refractivity contribution in [3.63, 3.8) is 0 Å². The molecular formula is C21H24N4O2. The van der Waals surface area contributed by atoms with Crippen LogP contribution in [-0.2, 0) is 11.3 Å². The minimum Gasteiger partial charge on any atom is -0.338 e. The topological polar surface area (TPSA) is 64.2 Å². The maximum atomic E-state index is 12.8. The monoisotopic (exact) mass is 364 g/mol. The summed E-state index contributed by atoms with van der Waals surface area (Å²) in [5.41, 5.74) is 2.85. The molecule has 1 fully saturated rings. The van der Waals surface area contributed by atoms with Gasteiger partial charge in [-0.05, 0) is 45.2 Å². The van der Waals surface area contributed by atoms with E-state index in [0.717, 1.165) is 30.6 Å². The first-order valence-electron chi connectivity index (χ1n) is 9.47. The highest BCUT2D eigenvalue weighted by Crippen LogP contribution is 2.24. The van der Waals surface area contributed by atoms with Crippen molar-refractivity contribution in [2.24, 2.45) is 0 Å². The van der Waals surface area contributed by atoms with E-state index in [1.54, 1.807) is 0 Å². The second-order valence-electron chi connectivity index (χ2n) is 7.24. The molecule has 27 heavy (non-hydrogen) atoms. The molecule has 4 rings (SSSR count). The Bertz CT molecular complexity index is 926. The second kappa shape index (κ2) is 7.39. The zero-order valence-electron chi connectivity index (χ0n) is 15.8. The number of hydrogen-bond donors (Lipinski definition) is 0. The normalized spacial score (nSPS) is 17.3. The highest BCUT2D eigenvalue weighted by molar-refractivity contribution is 5.77. The van der Waals surface area contributed by atoms with E-state index < -0.39 is 0 Å². The lowest BCUT2D eigenvalue weighted by Gasteiger charge is -2.33. The van der Waals surface area contributed by atoms with Crippen LogP contribution in [-0.4, -0.2) is 38.1 Å². The maximum absolute atomic E-state index is 12.8. The molecule has 140 valence electrons. The van der Waals surface area contributed by atoms with E-state index >= 15 is 0 Å². The number of piperidine rings is 1. The molecule has 1 aliphatic rings. The summed E-state index contributed by atoms with van der Waals surface area (Å²) in [5.74, 6) is 1.11. The Hall–Kier alpha value is -2.89. The van der Waals surface area contributed by atoms with Gasteiger partial charge in [-0.25, -0.2) is 0 Å². The average Bonchev–Trinajstić information content (AvgIpc) is 3.32. The van der Waals surface area contributed by atoms with Gasteiger partial charge in [0.05, 0.1) is 0 Å². The molecule has 1 atom stereocenters. The number of hydrogen-bond acceptors (Lipinski definition) is 4. The molecule has 0 unspecified atom stereocenters. The summed E-state index contributed by atoms with van der Waals surface area (Å²) in [6.45, 7) is 5.29. The second-order valence-corrected chi connectivity index (χ2v) is 7.24. The molecule has 0 saturated carbocycles. The summed E-state index contributed by atoms with van der Waals surface area (Å²) in [6, 6.07) is 12.1. The molecule has 3 aromatic rings. The summed E-state index contributed by atoms with van der Waals surface area (Å²) in [5, 5.41) is 4.10. The molecule has 0 N–H and O–H groups in total. The van der Waals surface area contributed by atoms with E-state index in [-0.39, 0.29) is 12.5 Å². The van der Waals surface area contributed by atoms with Gasteiger partial charge in [0.25, 0.3) is 5.89 Å². The smallest absolute Gasteiger partial charge is 0.274 e. The summed E-state index contributed by atoms with van der Waals surface area (Å²) in [7, 11) is 0. The van der Waals surface area contributed by atoms with E-state index in [0.29, 0.717) is 17.8 Å². The van der Waals surface area contributed by atoms with Crippen molar-refractivity contribution in [2.75, 3.05) is 6.54 Å². The maximum Gasteiger partial charge on any atom is 0.274 e. The van der Waals surface area contributed by atoms with Gasteiger partial charge in [0, 0.05) is 24.3 Å². The average molecular weight is 364 g/mol. The SMILES string of the molecule is Cc1ccc(-c2noc(-c3cccn3CC(=O)N3CCCC[C@H]3C)n2)cc1. The zero-order valence-corrected chi connectivity index (χ0v) is 15.8. The number of benzene rings is 1. The highest BCUT2D eigenvalue weighted by atomic mass is 16.5. The fourth-order valence-corrected chi connectivity index (χ4v) is 3.60. The van der Waals surface area contributed by atoms with Crippen LogP contribution in [0.3, 0.4) is 0 Å². The summed E-state index contributed by atoms with van der Waals surface area (Å²) in [4.78, 5) is 19.3. The van der Waals surface area contributed by atoms with Gasteiger partial charge in [-0.15, -0.1) is 0 Å². The predicted molar refractivity (Wildman–Crippen MR) is 103 cm³/mol. The lowest BCUT2D eigenvalue weighted by molar-refractivity contribution is -0.135. The molecule has 6 heteroatoms. The third-order valence-corrected chi connectivity index (χ3v) is 5.21. The largest absolute Gasteiger partial charge is 0.338 e. The molecule has 1 amide bonds. The number of carbonyl (C=O) groups excluding carboxylic acids is 1. The number of aromatic nitrogens is 3. The molecule has 1 aromatic carbocycles. The summed E-state index contributed by atoms with van der Waals surface area (Å²) in [6.07, 6.45) is 5.24. The van der Waals surface area contributed by atoms with Gasteiger partial charge in [0.2, 0.25) is 11.7 Å². The van der Waals surface area contributed by atoms with Crippen molar-refractivity contribution in [2.45, 2.75) is 45.7 Å². The van der Waals surface area contributed by atoms with Crippen molar-refractivity contribution in [3.8, 4) is 23.0 Å². The predicted octanol–water partition coefficient (Wildman–Crippen LogP) is 3.91. The first-order valence-corrected chi connectivity index (χ1v) is 9.47. The van der Waals surface area contributed by atoms with E-state index in [2.05, 4.69) is 17.1 Å². The van der Waals surface area contributed by atoms with Crippen LogP contribution < -0.4 is 0 Å². The number of amides is 1. The highest BCUT2D eigenvalue weighted by Gasteiger charge is 2.24. The minimum atomic E-state index is 0.137. The molecule has 2 aromatic heterocycles. The van der Waals surface area contributed by atoms with Gasteiger partial charge in [-0.1, -0.05) is 35.0 Å². The standard InChI is InChI=1S/C21H24N4O2/c1-15-8-10-17(11-9-15)20-22-21(27-23-20)18-7-5-12-24(18)14-19(26)25-13-4-3-6-16(25)2/h5,7-12,16H,3-4,6,13-14H2,1-2H3/t16-/m1/s1. The quantitative estimate of drug-likeness (QED) is 0.704. The molecule has 3 heterocycles. The fourth-order valence-electron chi connectivity index (χ4n) is 3.60. The molecule has 0 bridgehead atoms. The van der Waals surface area contributed by atoms with Crippen LogP contribution in [0.25, 0.3) is 23.0 Å². The third-order valence-electron chi connectivity index (χ3n) is 5.21. The Balaban J connectivity index is 1.54. The third kappa shape index (κ3) is 3.65. The minimum absolute atomic E-state index is 0.137. The van der Waals surface area contributed by atoms with Crippen LogP contribution >= 0.6 is 0 Å². The number of carbonyl (C=O) groups is 1. The molecular weight excluding hydrogens is 340 g/mol.